The second kappa shape index (κ2) is 11.7. The van der Waals surface area contributed by atoms with E-state index >= 15 is 0 Å². The second-order valence-electron chi connectivity index (χ2n) is 9.19. The Morgan fingerprint density at radius 2 is 1.59 bits per heavy atom. The normalized spacial score (nSPS) is 12.9. The number of carbonyl (C=O) groups excluding carboxylic acids is 3. The summed E-state index contributed by atoms with van der Waals surface area (Å²) in [5, 5.41) is 15.2. The quantitative estimate of drug-likeness (QED) is 0.546. The zero-order valence-electron chi connectivity index (χ0n) is 20.7. The van der Waals surface area contributed by atoms with Crippen molar-refractivity contribution in [1.82, 2.24) is 10.2 Å². The van der Waals surface area contributed by atoms with Crippen molar-refractivity contribution >= 4 is 23.6 Å². The molecule has 0 aliphatic heterocycles. The summed E-state index contributed by atoms with van der Waals surface area (Å²) < 4.78 is 5.25. The molecule has 0 radical (unpaired) electrons. The van der Waals surface area contributed by atoms with Crippen LogP contribution in [0.5, 0.6) is 0 Å². The van der Waals surface area contributed by atoms with Gasteiger partial charge in [-0.2, -0.15) is 0 Å². The van der Waals surface area contributed by atoms with Gasteiger partial charge in [0, 0.05) is 12.2 Å². The fraction of sp³-hybridized carbons (Fsp3) is 0.423. The van der Waals surface area contributed by atoms with Crippen molar-refractivity contribution in [2.24, 2.45) is 0 Å². The molecule has 0 saturated heterocycles. The smallest absolute Gasteiger partial charge is 0.408 e. The molecule has 0 fully saturated rings. The lowest BCUT2D eigenvalue weighted by Crippen LogP contribution is -2.52. The van der Waals surface area contributed by atoms with Gasteiger partial charge in [-0.05, 0) is 58.2 Å². The van der Waals surface area contributed by atoms with E-state index in [9.17, 15) is 19.5 Å². The van der Waals surface area contributed by atoms with E-state index in [1.165, 1.54) is 11.8 Å². The summed E-state index contributed by atoms with van der Waals surface area (Å²) in [6, 6.07) is 12.5. The Kier molecular flexibility index (Phi) is 9.20. The predicted octanol–water partition coefficient (Wildman–Crippen LogP) is 3.72. The molecule has 0 aliphatic carbocycles. The molecular formula is C26H35N3O5. The number of aliphatic hydroxyl groups is 1. The third-order valence-electron chi connectivity index (χ3n) is 5.13. The van der Waals surface area contributed by atoms with Gasteiger partial charge >= 0.3 is 6.09 Å². The monoisotopic (exact) mass is 469 g/mol. The number of nitrogens with zero attached hydrogens (tertiary/aromatic N) is 1. The first-order chi connectivity index (χ1) is 15.9. The summed E-state index contributed by atoms with van der Waals surface area (Å²) in [5.41, 5.74) is 2.30. The highest BCUT2D eigenvalue weighted by molar-refractivity contribution is 5.99. The summed E-state index contributed by atoms with van der Waals surface area (Å²) >= 11 is 0. The number of alkyl carbamates (subject to hydrolysis) is 1. The molecule has 2 atom stereocenters. The first-order valence-electron chi connectivity index (χ1n) is 11.3. The fourth-order valence-corrected chi connectivity index (χ4v) is 3.58. The number of aliphatic hydroxyl groups excluding tert-OH is 1. The molecule has 0 aliphatic rings. The highest BCUT2D eigenvalue weighted by Crippen LogP contribution is 2.26. The summed E-state index contributed by atoms with van der Waals surface area (Å²) in [6.45, 7) is 10.0. The molecule has 0 saturated carbocycles. The van der Waals surface area contributed by atoms with Crippen LogP contribution >= 0.6 is 0 Å². The summed E-state index contributed by atoms with van der Waals surface area (Å²) in [6.07, 6.45) is -0.742. The number of nitrogens with one attached hydrogen (secondary N) is 2. The molecule has 8 nitrogen and oxygen atoms in total. The van der Waals surface area contributed by atoms with Gasteiger partial charge in [-0.3, -0.25) is 9.59 Å². The van der Waals surface area contributed by atoms with Crippen molar-refractivity contribution in [2.75, 3.05) is 18.5 Å². The van der Waals surface area contributed by atoms with Crippen LogP contribution in [0.1, 0.15) is 50.4 Å². The van der Waals surface area contributed by atoms with Gasteiger partial charge in [0.1, 0.15) is 17.7 Å². The highest BCUT2D eigenvalue weighted by Gasteiger charge is 2.34. The van der Waals surface area contributed by atoms with Gasteiger partial charge in [0.15, 0.2) is 0 Å². The SMILES string of the molecule is Cc1cccc(C)c1NC(=O)C(c1ccccc1)N(CCO)C(=O)C(C)NC(=O)OC(C)(C)C. The van der Waals surface area contributed by atoms with Crippen LogP contribution in [0.4, 0.5) is 10.5 Å². The van der Waals surface area contributed by atoms with E-state index in [0.29, 0.717) is 11.3 Å². The van der Waals surface area contributed by atoms with Gasteiger partial charge in [-0.15, -0.1) is 0 Å². The zero-order valence-corrected chi connectivity index (χ0v) is 20.7. The molecule has 2 unspecified atom stereocenters. The largest absolute Gasteiger partial charge is 0.444 e. The number of anilines is 1. The Labute approximate surface area is 201 Å². The third kappa shape index (κ3) is 7.31. The zero-order chi connectivity index (χ0) is 25.5. The van der Waals surface area contributed by atoms with Gasteiger partial charge in [-0.1, -0.05) is 48.5 Å². The molecule has 3 N–H and O–H groups in total. The summed E-state index contributed by atoms with van der Waals surface area (Å²) in [4.78, 5) is 40.5. The lowest BCUT2D eigenvalue weighted by Gasteiger charge is -2.33. The first kappa shape index (κ1) is 26.9. The van der Waals surface area contributed by atoms with Crippen molar-refractivity contribution in [1.29, 1.82) is 0 Å². The molecule has 0 aromatic heterocycles. The number of para-hydroxylation sites is 1. The van der Waals surface area contributed by atoms with Crippen LogP contribution < -0.4 is 10.6 Å². The minimum Gasteiger partial charge on any atom is -0.444 e. The van der Waals surface area contributed by atoms with Crippen molar-refractivity contribution in [3.05, 3.63) is 65.2 Å². The highest BCUT2D eigenvalue weighted by atomic mass is 16.6. The van der Waals surface area contributed by atoms with Crippen LogP contribution in [0, 0.1) is 13.8 Å². The molecular weight excluding hydrogens is 434 g/mol. The average molecular weight is 470 g/mol. The first-order valence-corrected chi connectivity index (χ1v) is 11.3. The maximum Gasteiger partial charge on any atom is 0.408 e. The van der Waals surface area contributed by atoms with Crippen LogP contribution in [0.2, 0.25) is 0 Å². The Morgan fingerprint density at radius 1 is 1.00 bits per heavy atom. The molecule has 34 heavy (non-hydrogen) atoms. The van der Waals surface area contributed by atoms with Crippen LogP contribution in [0.15, 0.2) is 48.5 Å². The van der Waals surface area contributed by atoms with E-state index < -0.39 is 35.6 Å². The lowest BCUT2D eigenvalue weighted by molar-refractivity contribution is -0.141. The Morgan fingerprint density at radius 3 is 2.12 bits per heavy atom. The molecule has 8 heteroatoms. The number of rotatable bonds is 8. The van der Waals surface area contributed by atoms with Crippen molar-refractivity contribution in [3.63, 3.8) is 0 Å². The van der Waals surface area contributed by atoms with Crippen molar-refractivity contribution in [3.8, 4) is 0 Å². The summed E-state index contributed by atoms with van der Waals surface area (Å²) in [5.74, 6) is -0.944. The number of aryl methyl sites for hydroxylation is 2. The van der Waals surface area contributed by atoms with Crippen LogP contribution in [0.25, 0.3) is 0 Å². The van der Waals surface area contributed by atoms with Crippen LogP contribution in [0.3, 0.4) is 0 Å². The molecule has 3 amide bonds. The third-order valence-corrected chi connectivity index (χ3v) is 5.13. The van der Waals surface area contributed by atoms with Crippen LogP contribution in [-0.4, -0.2) is 52.7 Å². The van der Waals surface area contributed by atoms with E-state index in [-0.39, 0.29) is 13.2 Å². The summed E-state index contributed by atoms with van der Waals surface area (Å²) in [7, 11) is 0. The fourth-order valence-electron chi connectivity index (χ4n) is 3.58. The van der Waals surface area contributed by atoms with Gasteiger partial charge < -0.3 is 25.4 Å². The van der Waals surface area contributed by atoms with E-state index in [4.69, 9.17) is 4.74 Å². The predicted molar refractivity (Wildman–Crippen MR) is 131 cm³/mol. The molecule has 2 aromatic carbocycles. The standard InChI is InChI=1S/C26H35N3O5/c1-17-11-10-12-18(2)21(17)28-23(31)22(20-13-8-7-9-14-20)29(15-16-30)24(32)19(3)27-25(33)34-26(4,5)6/h7-14,19,22,30H,15-16H2,1-6H3,(H,27,33)(H,28,31). The number of carbonyl (C=O) groups is 3. The van der Waals surface area contributed by atoms with E-state index in [0.717, 1.165) is 11.1 Å². The van der Waals surface area contributed by atoms with Gasteiger partial charge in [0.05, 0.1) is 6.61 Å². The van der Waals surface area contributed by atoms with E-state index in [2.05, 4.69) is 10.6 Å². The van der Waals surface area contributed by atoms with E-state index in [1.807, 2.05) is 38.1 Å². The minimum atomic E-state index is -1.03. The number of hydrogen-bond acceptors (Lipinski definition) is 5. The number of amides is 3. The number of benzene rings is 2. The number of hydrogen-bond donors (Lipinski definition) is 3. The molecule has 0 bridgehead atoms. The minimum absolute atomic E-state index is 0.0983. The second-order valence-corrected chi connectivity index (χ2v) is 9.19. The number of ether oxygens (including phenoxy) is 1. The van der Waals surface area contributed by atoms with Crippen molar-refractivity contribution in [2.45, 2.75) is 59.2 Å². The average Bonchev–Trinajstić information content (AvgIpc) is 2.75. The van der Waals surface area contributed by atoms with Gasteiger partial charge in [0.25, 0.3) is 5.91 Å². The topological polar surface area (TPSA) is 108 Å². The Bertz CT molecular complexity index is 981. The maximum atomic E-state index is 13.6. The van der Waals surface area contributed by atoms with Gasteiger partial charge in [-0.25, -0.2) is 4.79 Å². The molecule has 184 valence electrons. The molecule has 0 heterocycles. The molecule has 0 spiro atoms. The van der Waals surface area contributed by atoms with Crippen molar-refractivity contribution < 1.29 is 24.2 Å². The Balaban J connectivity index is 2.38. The molecule has 2 rings (SSSR count). The Hall–Kier alpha value is -3.39. The lowest BCUT2D eigenvalue weighted by atomic mass is 10.0. The van der Waals surface area contributed by atoms with Gasteiger partial charge in [0.2, 0.25) is 5.91 Å². The molecule has 2 aromatic rings. The van der Waals surface area contributed by atoms with E-state index in [1.54, 1.807) is 45.0 Å². The van der Waals surface area contributed by atoms with Crippen LogP contribution in [-0.2, 0) is 14.3 Å². The maximum absolute atomic E-state index is 13.6.